The van der Waals surface area contributed by atoms with Gasteiger partial charge in [-0.3, -0.25) is 14.9 Å². The van der Waals surface area contributed by atoms with Gasteiger partial charge in [0.1, 0.15) is 0 Å². The van der Waals surface area contributed by atoms with Crippen molar-refractivity contribution < 1.29 is 14.8 Å². The average molecular weight is 287 g/mol. The maximum absolute atomic E-state index is 11.8. The van der Waals surface area contributed by atoms with Crippen LogP contribution in [0, 0.1) is 10.1 Å². The number of halogens is 1. The van der Waals surface area contributed by atoms with Gasteiger partial charge >= 0.3 is 0 Å². The monoisotopic (exact) mass is 286 g/mol. The molecule has 0 aliphatic rings. The first kappa shape index (κ1) is 15.4. The number of nitrogens with zero attached hydrogens (tertiary/aromatic N) is 1. The van der Waals surface area contributed by atoms with Gasteiger partial charge < -0.3 is 10.4 Å². The van der Waals surface area contributed by atoms with E-state index in [9.17, 15) is 14.9 Å². The summed E-state index contributed by atoms with van der Waals surface area (Å²) in [6.45, 7) is 2.04. The largest absolute Gasteiger partial charge is 0.393 e. The number of nitrogens with one attached hydrogen (secondary N) is 1. The number of hydrogen-bond acceptors (Lipinski definition) is 4. The second-order valence-corrected chi connectivity index (χ2v) is 4.58. The molecule has 6 nitrogen and oxygen atoms in total. The highest BCUT2D eigenvalue weighted by Gasteiger charge is 2.15. The Hall–Kier alpha value is -1.66. The van der Waals surface area contributed by atoms with E-state index in [1.807, 2.05) is 0 Å². The molecule has 0 fully saturated rings. The minimum Gasteiger partial charge on any atom is -0.393 e. The normalized spacial score (nSPS) is 11.9. The van der Waals surface area contributed by atoms with Gasteiger partial charge in [-0.2, -0.15) is 0 Å². The molecule has 0 radical (unpaired) electrons. The molecule has 2 N–H and O–H groups in total. The lowest BCUT2D eigenvalue weighted by Crippen LogP contribution is -2.25. The number of non-ortho nitro benzene ring substituents is 1. The first-order chi connectivity index (χ1) is 8.91. The molecule has 0 saturated carbocycles. The molecule has 1 amide bonds. The van der Waals surface area contributed by atoms with Crippen molar-refractivity contribution in [2.75, 3.05) is 6.54 Å². The third-order valence-corrected chi connectivity index (χ3v) is 2.82. The number of amides is 1. The van der Waals surface area contributed by atoms with Gasteiger partial charge in [-0.25, -0.2) is 0 Å². The molecule has 1 rings (SSSR count). The summed E-state index contributed by atoms with van der Waals surface area (Å²) in [7, 11) is 0. The third-order valence-electron chi connectivity index (χ3n) is 2.49. The van der Waals surface area contributed by atoms with Crippen molar-refractivity contribution in [1.29, 1.82) is 0 Å². The highest BCUT2D eigenvalue weighted by atomic mass is 35.5. The molecule has 0 heterocycles. The summed E-state index contributed by atoms with van der Waals surface area (Å²) in [6.07, 6.45) is 0.775. The summed E-state index contributed by atoms with van der Waals surface area (Å²) < 4.78 is 0. The zero-order chi connectivity index (χ0) is 14.4. The smallest absolute Gasteiger partial charge is 0.270 e. The van der Waals surface area contributed by atoms with Gasteiger partial charge in [0.25, 0.3) is 11.6 Å². The van der Waals surface area contributed by atoms with E-state index in [0.717, 1.165) is 6.07 Å². The van der Waals surface area contributed by atoms with Gasteiger partial charge in [0.15, 0.2) is 0 Å². The molecule has 0 saturated heterocycles. The molecule has 0 bridgehead atoms. The molecule has 1 unspecified atom stereocenters. The zero-order valence-electron chi connectivity index (χ0n) is 10.4. The number of benzene rings is 1. The van der Waals surface area contributed by atoms with Gasteiger partial charge in [-0.05, 0) is 25.8 Å². The van der Waals surface area contributed by atoms with E-state index in [1.165, 1.54) is 12.1 Å². The SMILES string of the molecule is CC(O)CCCNC(=O)c1cc([N+](=O)[O-])ccc1Cl. The van der Waals surface area contributed by atoms with Crippen LogP contribution >= 0.6 is 11.6 Å². The summed E-state index contributed by atoms with van der Waals surface area (Å²) in [6, 6.07) is 3.71. The molecular formula is C12H15ClN2O4. The number of aliphatic hydroxyl groups excluding tert-OH is 1. The number of carbonyl (C=O) groups is 1. The lowest BCUT2D eigenvalue weighted by atomic mass is 10.1. The van der Waals surface area contributed by atoms with E-state index in [0.29, 0.717) is 19.4 Å². The molecule has 7 heteroatoms. The summed E-state index contributed by atoms with van der Waals surface area (Å²) >= 11 is 5.84. The van der Waals surface area contributed by atoms with E-state index >= 15 is 0 Å². The standard InChI is InChI=1S/C12H15ClN2O4/c1-8(16)3-2-6-14-12(17)10-7-9(15(18)19)4-5-11(10)13/h4-5,7-8,16H,2-3,6H2,1H3,(H,14,17). The van der Waals surface area contributed by atoms with Gasteiger partial charge in [-0.1, -0.05) is 11.6 Å². The Labute approximate surface area is 115 Å². The fraction of sp³-hybridized carbons (Fsp3) is 0.417. The lowest BCUT2D eigenvalue weighted by molar-refractivity contribution is -0.384. The molecule has 1 aromatic rings. The fourth-order valence-electron chi connectivity index (χ4n) is 1.50. The second kappa shape index (κ2) is 7.06. The van der Waals surface area contributed by atoms with Gasteiger partial charge in [-0.15, -0.1) is 0 Å². The number of nitro benzene ring substituents is 1. The lowest BCUT2D eigenvalue weighted by Gasteiger charge is -2.07. The Kier molecular flexibility index (Phi) is 5.72. The van der Waals surface area contributed by atoms with Crippen LogP contribution in [0.4, 0.5) is 5.69 Å². The van der Waals surface area contributed by atoms with Crippen LogP contribution in [0.25, 0.3) is 0 Å². The minimum absolute atomic E-state index is 0.0768. The molecule has 0 aliphatic heterocycles. The quantitative estimate of drug-likeness (QED) is 0.476. The van der Waals surface area contributed by atoms with Crippen LogP contribution in [0.5, 0.6) is 0 Å². The predicted octanol–water partition coefficient (Wildman–Crippen LogP) is 2.14. The van der Waals surface area contributed by atoms with E-state index in [2.05, 4.69) is 5.32 Å². The molecule has 0 spiro atoms. The molecular weight excluding hydrogens is 272 g/mol. The number of hydrogen-bond donors (Lipinski definition) is 2. The van der Waals surface area contributed by atoms with Crippen LogP contribution in [0.15, 0.2) is 18.2 Å². The summed E-state index contributed by atoms with van der Waals surface area (Å²) in [5, 5.41) is 22.5. The summed E-state index contributed by atoms with van der Waals surface area (Å²) in [4.78, 5) is 21.8. The fourth-order valence-corrected chi connectivity index (χ4v) is 1.70. The van der Waals surface area contributed by atoms with Crippen molar-refractivity contribution >= 4 is 23.2 Å². The Morgan fingerprint density at radius 3 is 2.84 bits per heavy atom. The van der Waals surface area contributed by atoms with Crippen molar-refractivity contribution in [3.63, 3.8) is 0 Å². The Morgan fingerprint density at radius 1 is 1.58 bits per heavy atom. The topological polar surface area (TPSA) is 92.5 Å². The summed E-state index contributed by atoms with van der Waals surface area (Å²) in [5.41, 5.74) is -0.105. The highest BCUT2D eigenvalue weighted by Crippen LogP contribution is 2.21. The molecule has 19 heavy (non-hydrogen) atoms. The molecule has 0 aromatic heterocycles. The molecule has 104 valence electrons. The van der Waals surface area contributed by atoms with E-state index < -0.39 is 16.9 Å². The Bertz CT molecular complexity index is 477. The van der Waals surface area contributed by atoms with Crippen LogP contribution < -0.4 is 5.32 Å². The highest BCUT2D eigenvalue weighted by molar-refractivity contribution is 6.33. The van der Waals surface area contributed by atoms with E-state index in [1.54, 1.807) is 6.92 Å². The van der Waals surface area contributed by atoms with E-state index in [-0.39, 0.29) is 16.3 Å². The molecule has 0 aliphatic carbocycles. The van der Waals surface area contributed by atoms with Crippen LogP contribution in [0.1, 0.15) is 30.1 Å². The second-order valence-electron chi connectivity index (χ2n) is 4.17. The number of rotatable bonds is 6. The van der Waals surface area contributed by atoms with Crippen molar-refractivity contribution in [1.82, 2.24) is 5.32 Å². The number of aliphatic hydroxyl groups is 1. The zero-order valence-corrected chi connectivity index (χ0v) is 11.2. The first-order valence-electron chi connectivity index (χ1n) is 5.82. The predicted molar refractivity (Wildman–Crippen MR) is 71.4 cm³/mol. The van der Waals surface area contributed by atoms with Crippen molar-refractivity contribution in [2.45, 2.75) is 25.9 Å². The van der Waals surface area contributed by atoms with Gasteiger partial charge in [0.05, 0.1) is 21.6 Å². The Morgan fingerprint density at radius 2 is 2.26 bits per heavy atom. The molecule has 1 atom stereocenters. The first-order valence-corrected chi connectivity index (χ1v) is 6.20. The van der Waals surface area contributed by atoms with Crippen LogP contribution in [-0.4, -0.2) is 28.6 Å². The average Bonchev–Trinajstić information content (AvgIpc) is 2.34. The van der Waals surface area contributed by atoms with Gasteiger partial charge in [0, 0.05) is 18.7 Å². The third kappa shape index (κ3) is 4.84. The van der Waals surface area contributed by atoms with Crippen LogP contribution in [0.3, 0.4) is 0 Å². The Balaban J connectivity index is 2.66. The van der Waals surface area contributed by atoms with Crippen LogP contribution in [-0.2, 0) is 0 Å². The van der Waals surface area contributed by atoms with Crippen LogP contribution in [0.2, 0.25) is 5.02 Å². The number of nitro groups is 1. The summed E-state index contributed by atoms with van der Waals surface area (Å²) in [5.74, 6) is -0.459. The molecule has 1 aromatic carbocycles. The van der Waals surface area contributed by atoms with E-state index in [4.69, 9.17) is 16.7 Å². The number of carbonyl (C=O) groups excluding carboxylic acids is 1. The minimum atomic E-state index is -0.583. The maximum atomic E-state index is 11.8. The maximum Gasteiger partial charge on any atom is 0.270 e. The van der Waals surface area contributed by atoms with Crippen molar-refractivity contribution in [3.05, 3.63) is 38.9 Å². The van der Waals surface area contributed by atoms with Crippen molar-refractivity contribution in [3.8, 4) is 0 Å². The van der Waals surface area contributed by atoms with Gasteiger partial charge in [0.2, 0.25) is 0 Å². The van der Waals surface area contributed by atoms with Crippen molar-refractivity contribution in [2.24, 2.45) is 0 Å².